The first-order valence-electron chi connectivity index (χ1n) is 15.4. The summed E-state index contributed by atoms with van der Waals surface area (Å²) in [6, 6.07) is 28.2. The maximum absolute atomic E-state index is 14.5. The van der Waals surface area contributed by atoms with Crippen molar-refractivity contribution in [1.29, 1.82) is 0 Å². The molecule has 1 N–H and O–H groups in total. The zero-order valence-electron chi connectivity index (χ0n) is 25.4. The summed E-state index contributed by atoms with van der Waals surface area (Å²) in [6.07, 6.45) is 5.06. The maximum atomic E-state index is 14.5. The third-order valence-electron chi connectivity index (χ3n) is 8.21. The smallest absolute Gasteiger partial charge is 0.264 e. The minimum absolute atomic E-state index is 0.00804. The van der Waals surface area contributed by atoms with Gasteiger partial charge in [-0.2, -0.15) is 0 Å². The van der Waals surface area contributed by atoms with Gasteiger partial charge >= 0.3 is 0 Å². The van der Waals surface area contributed by atoms with Crippen molar-refractivity contribution in [1.82, 2.24) is 10.2 Å². The molecule has 1 aliphatic rings. The van der Waals surface area contributed by atoms with Crippen LogP contribution in [-0.4, -0.2) is 43.8 Å². The first-order chi connectivity index (χ1) is 22.2. The number of halogens is 2. The first-order valence-corrected chi connectivity index (χ1v) is 17.2. The van der Waals surface area contributed by atoms with Gasteiger partial charge in [-0.25, -0.2) is 12.8 Å². The van der Waals surface area contributed by atoms with Crippen molar-refractivity contribution in [2.75, 3.05) is 10.8 Å². The molecule has 10 heteroatoms. The Morgan fingerprint density at radius 3 is 2.04 bits per heavy atom. The summed E-state index contributed by atoms with van der Waals surface area (Å²) < 4.78 is 43.0. The van der Waals surface area contributed by atoms with Gasteiger partial charge in [-0.05, 0) is 72.5 Å². The highest BCUT2D eigenvalue weighted by Crippen LogP contribution is 2.27. The van der Waals surface area contributed by atoms with Crippen LogP contribution in [0.3, 0.4) is 0 Å². The number of carbonyl (C=O) groups is 2. The largest absolute Gasteiger partial charge is 0.352 e. The highest BCUT2D eigenvalue weighted by atomic mass is 35.5. The van der Waals surface area contributed by atoms with Crippen LogP contribution in [0.25, 0.3) is 0 Å². The fourth-order valence-electron chi connectivity index (χ4n) is 5.74. The van der Waals surface area contributed by atoms with Gasteiger partial charge in [-0.15, -0.1) is 0 Å². The molecule has 0 radical (unpaired) electrons. The van der Waals surface area contributed by atoms with Gasteiger partial charge in [0, 0.05) is 24.0 Å². The lowest BCUT2D eigenvalue weighted by Gasteiger charge is -2.35. The Kier molecular flexibility index (Phi) is 11.1. The van der Waals surface area contributed by atoms with E-state index in [2.05, 4.69) is 5.32 Å². The van der Waals surface area contributed by atoms with E-state index in [1.165, 1.54) is 41.3 Å². The van der Waals surface area contributed by atoms with E-state index in [-0.39, 0.29) is 35.5 Å². The van der Waals surface area contributed by atoms with E-state index in [0.717, 1.165) is 42.0 Å². The molecule has 240 valence electrons. The molecule has 4 aromatic rings. The van der Waals surface area contributed by atoms with Gasteiger partial charge < -0.3 is 10.2 Å². The van der Waals surface area contributed by atoms with Crippen molar-refractivity contribution in [2.45, 2.75) is 62.0 Å². The van der Waals surface area contributed by atoms with Crippen LogP contribution in [0.1, 0.15) is 43.2 Å². The van der Waals surface area contributed by atoms with E-state index >= 15 is 0 Å². The molecule has 0 spiro atoms. The molecule has 4 aromatic carbocycles. The van der Waals surface area contributed by atoms with Crippen molar-refractivity contribution >= 4 is 39.1 Å². The topological polar surface area (TPSA) is 86.8 Å². The van der Waals surface area contributed by atoms with E-state index in [1.54, 1.807) is 42.5 Å². The van der Waals surface area contributed by atoms with Crippen LogP contribution < -0.4 is 9.62 Å². The zero-order chi connectivity index (χ0) is 32.5. The molecule has 2 amide bonds. The molecule has 7 nitrogen and oxygen atoms in total. The monoisotopic (exact) mass is 661 g/mol. The second-order valence-corrected chi connectivity index (χ2v) is 13.8. The van der Waals surface area contributed by atoms with Gasteiger partial charge in [0.2, 0.25) is 11.8 Å². The van der Waals surface area contributed by atoms with Crippen LogP contribution in [0.5, 0.6) is 0 Å². The van der Waals surface area contributed by atoms with Gasteiger partial charge in [0.15, 0.2) is 0 Å². The SMILES string of the molecule is O=C(NC1CCCCC1)C(Cc1ccccc1)N(Cc1ccc(F)cc1)C(=O)CN(c1ccc(Cl)cc1)S(=O)(=O)c1ccccc1. The molecule has 0 bridgehead atoms. The molecule has 46 heavy (non-hydrogen) atoms. The number of hydrogen-bond acceptors (Lipinski definition) is 4. The van der Waals surface area contributed by atoms with E-state index in [4.69, 9.17) is 11.6 Å². The van der Waals surface area contributed by atoms with Crippen molar-refractivity contribution in [3.8, 4) is 0 Å². The first kappa shape index (κ1) is 33.2. The van der Waals surface area contributed by atoms with E-state index < -0.39 is 34.3 Å². The summed E-state index contributed by atoms with van der Waals surface area (Å²) in [5.74, 6) is -1.32. The summed E-state index contributed by atoms with van der Waals surface area (Å²) in [5, 5.41) is 3.59. The van der Waals surface area contributed by atoms with Crippen molar-refractivity contribution in [2.24, 2.45) is 0 Å². The summed E-state index contributed by atoms with van der Waals surface area (Å²) in [4.78, 5) is 30.0. The van der Waals surface area contributed by atoms with Crippen LogP contribution >= 0.6 is 11.6 Å². The van der Waals surface area contributed by atoms with E-state index in [0.29, 0.717) is 10.6 Å². The van der Waals surface area contributed by atoms with Crippen LogP contribution in [0.2, 0.25) is 5.02 Å². The quantitative estimate of drug-likeness (QED) is 0.182. The van der Waals surface area contributed by atoms with Gasteiger partial charge in [-0.3, -0.25) is 13.9 Å². The standard InChI is InChI=1S/C36H37ClFN3O4S/c37-29-18-22-32(23-19-29)41(46(44,45)33-14-8-3-9-15-33)26-35(42)40(25-28-16-20-30(38)21-17-28)34(24-27-10-4-1-5-11-27)36(43)39-31-12-6-2-7-13-31/h1,3-5,8-11,14-23,31,34H,2,6-7,12-13,24-26H2,(H,39,43). The number of nitrogens with one attached hydrogen (secondary N) is 1. The molecule has 0 aliphatic heterocycles. The molecule has 1 fully saturated rings. The number of carbonyl (C=O) groups excluding carboxylic acids is 2. The summed E-state index contributed by atoms with van der Waals surface area (Å²) >= 11 is 6.12. The lowest BCUT2D eigenvalue weighted by Crippen LogP contribution is -2.55. The predicted molar refractivity (Wildman–Crippen MR) is 178 cm³/mol. The Hall–Kier alpha value is -4.21. The summed E-state index contributed by atoms with van der Waals surface area (Å²) in [7, 11) is -4.21. The second-order valence-electron chi connectivity index (χ2n) is 11.5. The highest BCUT2D eigenvalue weighted by molar-refractivity contribution is 7.92. The van der Waals surface area contributed by atoms with E-state index in [1.807, 2.05) is 30.3 Å². The van der Waals surface area contributed by atoms with Gasteiger partial charge in [-0.1, -0.05) is 91.5 Å². The molecule has 1 saturated carbocycles. The molecular formula is C36H37ClFN3O4S. The molecule has 0 heterocycles. The molecular weight excluding hydrogens is 625 g/mol. The number of benzene rings is 4. The van der Waals surface area contributed by atoms with E-state index in [9.17, 15) is 22.4 Å². The zero-order valence-corrected chi connectivity index (χ0v) is 27.0. The fourth-order valence-corrected chi connectivity index (χ4v) is 7.30. The van der Waals surface area contributed by atoms with Gasteiger partial charge in [0.1, 0.15) is 18.4 Å². The minimum Gasteiger partial charge on any atom is -0.352 e. The fraction of sp³-hybridized carbons (Fsp3) is 0.278. The van der Waals surface area contributed by atoms with Gasteiger partial charge in [0.25, 0.3) is 10.0 Å². The molecule has 1 atom stereocenters. The van der Waals surface area contributed by atoms with Crippen LogP contribution in [0, 0.1) is 5.82 Å². The lowest BCUT2D eigenvalue weighted by atomic mass is 9.94. The average Bonchev–Trinajstić information content (AvgIpc) is 3.07. The Morgan fingerprint density at radius 2 is 1.41 bits per heavy atom. The number of rotatable bonds is 12. The number of hydrogen-bond donors (Lipinski definition) is 1. The third-order valence-corrected chi connectivity index (χ3v) is 10.3. The molecule has 0 saturated heterocycles. The van der Waals surface area contributed by atoms with Crippen LogP contribution in [-0.2, 0) is 32.6 Å². The van der Waals surface area contributed by atoms with Crippen LogP contribution in [0.4, 0.5) is 10.1 Å². The predicted octanol–water partition coefficient (Wildman–Crippen LogP) is 6.76. The Morgan fingerprint density at radius 1 is 0.804 bits per heavy atom. The molecule has 1 unspecified atom stereocenters. The third kappa shape index (κ3) is 8.53. The van der Waals surface area contributed by atoms with Gasteiger partial charge in [0.05, 0.1) is 10.6 Å². The minimum atomic E-state index is -4.21. The van der Waals surface area contributed by atoms with Crippen LogP contribution in [0.15, 0.2) is 114 Å². The second kappa shape index (κ2) is 15.4. The Balaban J connectivity index is 1.55. The normalized spacial score (nSPS) is 14.3. The lowest BCUT2D eigenvalue weighted by molar-refractivity contribution is -0.140. The number of amides is 2. The summed E-state index contributed by atoms with van der Waals surface area (Å²) in [6.45, 7) is -0.614. The average molecular weight is 662 g/mol. The van der Waals surface area contributed by atoms with Crippen molar-refractivity contribution in [3.05, 3.63) is 131 Å². The Labute approximate surface area is 275 Å². The molecule has 0 aromatic heterocycles. The molecule has 5 rings (SSSR count). The van der Waals surface area contributed by atoms with Crippen molar-refractivity contribution in [3.63, 3.8) is 0 Å². The number of nitrogens with zero attached hydrogens (tertiary/aromatic N) is 2. The molecule has 1 aliphatic carbocycles. The number of sulfonamides is 1. The highest BCUT2D eigenvalue weighted by Gasteiger charge is 2.35. The number of anilines is 1. The van der Waals surface area contributed by atoms with Crippen molar-refractivity contribution < 1.29 is 22.4 Å². The Bertz CT molecular complexity index is 1700. The summed E-state index contributed by atoms with van der Waals surface area (Å²) in [5.41, 5.74) is 1.69. The maximum Gasteiger partial charge on any atom is 0.264 e.